The first-order chi connectivity index (χ1) is 10.7. The number of hydrogen-bond donors (Lipinski definition) is 1. The van der Waals surface area contributed by atoms with Gasteiger partial charge in [0.2, 0.25) is 0 Å². The summed E-state index contributed by atoms with van der Waals surface area (Å²) in [6.45, 7) is 0. The van der Waals surface area contributed by atoms with Crippen molar-refractivity contribution in [2.24, 2.45) is 10.9 Å². The van der Waals surface area contributed by atoms with Crippen LogP contribution in [0.1, 0.15) is 24.0 Å². The Morgan fingerprint density at radius 2 is 1.77 bits per heavy atom. The largest absolute Gasteiger partial charge is 0.380 e. The van der Waals surface area contributed by atoms with E-state index >= 15 is 0 Å². The van der Waals surface area contributed by atoms with Gasteiger partial charge in [0.25, 0.3) is 0 Å². The fourth-order valence-electron chi connectivity index (χ4n) is 1.95. The summed E-state index contributed by atoms with van der Waals surface area (Å²) in [5.41, 5.74) is 7.48. The minimum Gasteiger partial charge on any atom is -0.380 e. The van der Waals surface area contributed by atoms with Crippen LogP contribution >= 0.6 is 11.6 Å². The van der Waals surface area contributed by atoms with Crippen LogP contribution in [0.3, 0.4) is 0 Å². The van der Waals surface area contributed by atoms with Crippen LogP contribution in [0, 0.1) is 0 Å². The van der Waals surface area contributed by atoms with Gasteiger partial charge in [-0.05, 0) is 30.5 Å². The molecule has 0 saturated heterocycles. The van der Waals surface area contributed by atoms with Crippen molar-refractivity contribution in [1.29, 1.82) is 0 Å². The zero-order valence-corrected chi connectivity index (χ0v) is 12.8. The fourth-order valence-corrected chi connectivity index (χ4v) is 2.18. The Hall–Kier alpha value is -2.33. The van der Waals surface area contributed by atoms with Crippen molar-refractivity contribution in [3.8, 4) is 0 Å². The Bertz CT molecular complexity index is 657. The second-order valence-electron chi connectivity index (χ2n) is 4.76. The van der Waals surface area contributed by atoms with E-state index in [9.17, 15) is 4.79 Å². The molecule has 0 aliphatic carbocycles. The van der Waals surface area contributed by atoms with E-state index < -0.39 is 5.97 Å². The maximum atomic E-state index is 11.6. The van der Waals surface area contributed by atoms with E-state index in [0.717, 1.165) is 6.42 Å². The predicted octanol–water partition coefficient (Wildman–Crippen LogP) is 3.53. The molecular formula is C17H17ClN2O2. The van der Waals surface area contributed by atoms with Crippen LogP contribution in [-0.2, 0) is 16.1 Å². The van der Waals surface area contributed by atoms with Gasteiger partial charge in [0.1, 0.15) is 0 Å². The van der Waals surface area contributed by atoms with E-state index in [1.54, 1.807) is 24.3 Å². The highest BCUT2D eigenvalue weighted by atomic mass is 35.5. The Morgan fingerprint density at radius 3 is 2.50 bits per heavy atom. The highest BCUT2D eigenvalue weighted by Gasteiger charge is 2.07. The lowest BCUT2D eigenvalue weighted by Gasteiger charge is -2.03. The lowest BCUT2D eigenvalue weighted by atomic mass is 10.1. The molecule has 0 fully saturated rings. The van der Waals surface area contributed by atoms with Gasteiger partial charge in [0.05, 0.1) is 5.02 Å². The van der Waals surface area contributed by atoms with Gasteiger partial charge < -0.3 is 10.6 Å². The molecule has 0 saturated carbocycles. The van der Waals surface area contributed by atoms with Gasteiger partial charge in [0.15, 0.2) is 5.84 Å². The lowest BCUT2D eigenvalue weighted by molar-refractivity contribution is -0.143. The number of amidine groups is 1. The van der Waals surface area contributed by atoms with Crippen molar-refractivity contribution in [1.82, 2.24) is 0 Å². The molecule has 0 unspecified atom stereocenters. The van der Waals surface area contributed by atoms with Gasteiger partial charge in [-0.25, -0.2) is 4.79 Å². The second-order valence-corrected chi connectivity index (χ2v) is 5.17. The predicted molar refractivity (Wildman–Crippen MR) is 87.6 cm³/mol. The monoisotopic (exact) mass is 316 g/mol. The van der Waals surface area contributed by atoms with Crippen LogP contribution in [0.25, 0.3) is 0 Å². The maximum absolute atomic E-state index is 11.6. The number of rotatable bonds is 6. The van der Waals surface area contributed by atoms with Crippen LogP contribution in [-0.4, -0.2) is 11.8 Å². The molecule has 0 aliphatic heterocycles. The Balaban J connectivity index is 1.80. The first-order valence-corrected chi connectivity index (χ1v) is 7.37. The number of carbonyl (C=O) groups is 1. The van der Waals surface area contributed by atoms with Crippen LogP contribution in [0.15, 0.2) is 59.8 Å². The van der Waals surface area contributed by atoms with Gasteiger partial charge in [-0.15, -0.1) is 0 Å². The van der Waals surface area contributed by atoms with Crippen molar-refractivity contribution in [3.05, 3.63) is 70.7 Å². The zero-order chi connectivity index (χ0) is 15.8. The maximum Gasteiger partial charge on any atom is 0.335 e. The molecule has 0 aliphatic rings. The quantitative estimate of drug-likeness (QED) is 0.384. The highest BCUT2D eigenvalue weighted by molar-refractivity contribution is 6.34. The van der Waals surface area contributed by atoms with Crippen molar-refractivity contribution >= 4 is 23.4 Å². The number of oxime groups is 1. The number of halogens is 1. The molecule has 0 heterocycles. The number of benzene rings is 2. The number of hydrogen-bond acceptors (Lipinski definition) is 3. The summed E-state index contributed by atoms with van der Waals surface area (Å²) in [6.07, 6.45) is 1.80. The second kappa shape index (κ2) is 8.20. The van der Waals surface area contributed by atoms with Crippen molar-refractivity contribution < 1.29 is 9.63 Å². The smallest absolute Gasteiger partial charge is 0.335 e. The summed E-state index contributed by atoms with van der Waals surface area (Å²) in [4.78, 5) is 16.5. The molecule has 0 radical (unpaired) electrons. The molecule has 2 aromatic carbocycles. The molecule has 2 N–H and O–H groups in total. The summed E-state index contributed by atoms with van der Waals surface area (Å²) < 4.78 is 0. The molecule has 2 rings (SSSR count). The highest BCUT2D eigenvalue weighted by Crippen LogP contribution is 2.14. The molecular weight excluding hydrogens is 300 g/mol. The van der Waals surface area contributed by atoms with Gasteiger partial charge in [-0.3, -0.25) is 0 Å². The van der Waals surface area contributed by atoms with Crippen molar-refractivity contribution in [2.75, 3.05) is 0 Å². The van der Waals surface area contributed by atoms with E-state index in [4.69, 9.17) is 22.2 Å². The SMILES string of the molecule is NC(=NOC(=O)CCCc1ccccc1)c1ccccc1Cl. The summed E-state index contributed by atoms with van der Waals surface area (Å²) >= 11 is 5.98. The van der Waals surface area contributed by atoms with Gasteiger partial charge in [0, 0.05) is 12.0 Å². The number of nitrogens with zero attached hydrogens (tertiary/aromatic N) is 1. The molecule has 0 aromatic heterocycles. The van der Waals surface area contributed by atoms with Gasteiger partial charge in [-0.2, -0.15) is 0 Å². The molecule has 5 heteroatoms. The van der Waals surface area contributed by atoms with Gasteiger partial charge >= 0.3 is 5.97 Å². The summed E-state index contributed by atoms with van der Waals surface area (Å²) in [7, 11) is 0. The number of aryl methyl sites for hydroxylation is 1. The zero-order valence-electron chi connectivity index (χ0n) is 12.0. The Morgan fingerprint density at radius 1 is 1.09 bits per heavy atom. The third-order valence-corrected chi connectivity index (χ3v) is 3.41. The summed E-state index contributed by atoms with van der Waals surface area (Å²) in [5, 5.41) is 4.10. The minimum atomic E-state index is -0.411. The summed E-state index contributed by atoms with van der Waals surface area (Å²) in [6, 6.07) is 16.9. The Labute approximate surface area is 134 Å². The van der Waals surface area contributed by atoms with E-state index in [-0.39, 0.29) is 12.3 Å². The molecule has 0 atom stereocenters. The van der Waals surface area contributed by atoms with E-state index in [1.165, 1.54) is 5.56 Å². The van der Waals surface area contributed by atoms with Gasteiger partial charge in [-0.1, -0.05) is 59.2 Å². The third-order valence-electron chi connectivity index (χ3n) is 3.08. The third kappa shape index (κ3) is 4.90. The van der Waals surface area contributed by atoms with E-state index in [1.807, 2.05) is 30.3 Å². The first-order valence-electron chi connectivity index (χ1n) is 6.99. The molecule has 0 bridgehead atoms. The molecule has 114 valence electrons. The van der Waals surface area contributed by atoms with Crippen LogP contribution in [0.4, 0.5) is 0 Å². The first kappa shape index (κ1) is 16.0. The van der Waals surface area contributed by atoms with E-state index in [0.29, 0.717) is 17.0 Å². The van der Waals surface area contributed by atoms with Crippen LogP contribution in [0.5, 0.6) is 0 Å². The number of carbonyl (C=O) groups excluding carboxylic acids is 1. The topological polar surface area (TPSA) is 64.7 Å². The molecule has 4 nitrogen and oxygen atoms in total. The molecule has 0 spiro atoms. The lowest BCUT2D eigenvalue weighted by Crippen LogP contribution is -2.15. The standard InChI is InChI=1S/C17H17ClN2O2/c18-15-11-5-4-10-14(15)17(19)20-22-16(21)12-6-9-13-7-2-1-3-8-13/h1-5,7-8,10-11H,6,9,12H2,(H2,19,20). The van der Waals surface area contributed by atoms with Crippen LogP contribution < -0.4 is 5.73 Å². The molecule has 2 aromatic rings. The summed E-state index contributed by atoms with van der Waals surface area (Å²) in [5.74, 6) is -0.326. The average Bonchev–Trinajstić information content (AvgIpc) is 2.54. The number of nitrogens with two attached hydrogens (primary N) is 1. The average molecular weight is 317 g/mol. The molecule has 22 heavy (non-hydrogen) atoms. The van der Waals surface area contributed by atoms with Crippen molar-refractivity contribution in [3.63, 3.8) is 0 Å². The normalized spacial score (nSPS) is 11.2. The minimum absolute atomic E-state index is 0.0852. The van der Waals surface area contributed by atoms with Crippen molar-refractivity contribution in [2.45, 2.75) is 19.3 Å². The fraction of sp³-hybridized carbons (Fsp3) is 0.176. The van der Waals surface area contributed by atoms with Crippen LogP contribution in [0.2, 0.25) is 5.02 Å². The van der Waals surface area contributed by atoms with E-state index in [2.05, 4.69) is 5.16 Å². The Kier molecular flexibility index (Phi) is 5.98. The molecule has 0 amide bonds.